The Bertz CT molecular complexity index is 1020. The Hall–Kier alpha value is -3.21. The summed E-state index contributed by atoms with van der Waals surface area (Å²) in [6, 6.07) is 16.6. The SMILES string of the molecule is Cc1cccc2ncnc(NC(C)c3cnn(Cc4ccccc4)c3)c12. The van der Waals surface area contributed by atoms with Crippen LogP contribution in [-0.4, -0.2) is 19.7 Å². The van der Waals surface area contributed by atoms with Crippen molar-refractivity contribution in [2.45, 2.75) is 26.4 Å². The third-order valence-electron chi connectivity index (χ3n) is 4.57. The molecule has 2 aromatic heterocycles. The van der Waals surface area contributed by atoms with Gasteiger partial charge in [-0.05, 0) is 31.0 Å². The summed E-state index contributed by atoms with van der Waals surface area (Å²) in [6.45, 7) is 4.97. The number of nitrogens with zero attached hydrogens (tertiary/aromatic N) is 4. The van der Waals surface area contributed by atoms with Crippen LogP contribution in [0.15, 0.2) is 67.3 Å². The highest BCUT2D eigenvalue weighted by Gasteiger charge is 2.12. The second-order valence-electron chi connectivity index (χ2n) is 6.51. The first-order chi connectivity index (χ1) is 12.7. The van der Waals surface area contributed by atoms with Crippen LogP contribution in [-0.2, 0) is 6.54 Å². The maximum atomic E-state index is 4.50. The van der Waals surface area contributed by atoms with Gasteiger partial charge in [-0.1, -0.05) is 42.5 Å². The van der Waals surface area contributed by atoms with Crippen molar-refractivity contribution in [2.24, 2.45) is 0 Å². The number of aromatic nitrogens is 4. The molecular formula is C21H21N5. The fraction of sp³-hybridized carbons (Fsp3) is 0.190. The Kier molecular flexibility index (Phi) is 4.35. The lowest BCUT2D eigenvalue weighted by Crippen LogP contribution is -2.08. The zero-order valence-corrected chi connectivity index (χ0v) is 14.9. The maximum Gasteiger partial charge on any atom is 0.138 e. The van der Waals surface area contributed by atoms with Crippen molar-refractivity contribution >= 4 is 16.7 Å². The molecule has 1 N–H and O–H groups in total. The van der Waals surface area contributed by atoms with Crippen molar-refractivity contribution < 1.29 is 0 Å². The monoisotopic (exact) mass is 343 g/mol. The molecule has 4 aromatic rings. The standard InChI is InChI=1S/C21H21N5/c1-15-7-6-10-19-20(15)21(23-14-22-19)25-16(2)18-11-24-26(13-18)12-17-8-4-3-5-9-17/h3-11,13-14,16H,12H2,1-2H3,(H,22,23,25). The number of aryl methyl sites for hydroxylation is 1. The summed E-state index contributed by atoms with van der Waals surface area (Å²) in [5.41, 5.74) is 4.48. The highest BCUT2D eigenvalue weighted by atomic mass is 15.3. The van der Waals surface area contributed by atoms with Gasteiger partial charge in [0.25, 0.3) is 0 Å². The molecule has 5 heteroatoms. The largest absolute Gasteiger partial charge is 0.363 e. The van der Waals surface area contributed by atoms with Crippen LogP contribution >= 0.6 is 0 Å². The van der Waals surface area contributed by atoms with E-state index in [0.29, 0.717) is 0 Å². The molecule has 26 heavy (non-hydrogen) atoms. The Labute approximate surface area is 152 Å². The van der Waals surface area contributed by atoms with Crippen molar-refractivity contribution in [3.8, 4) is 0 Å². The summed E-state index contributed by atoms with van der Waals surface area (Å²) >= 11 is 0. The molecule has 0 saturated heterocycles. The number of rotatable bonds is 5. The molecule has 130 valence electrons. The number of anilines is 1. The minimum atomic E-state index is 0.0947. The molecule has 0 aliphatic rings. The number of hydrogen-bond acceptors (Lipinski definition) is 4. The van der Waals surface area contributed by atoms with Crippen LogP contribution in [0.5, 0.6) is 0 Å². The van der Waals surface area contributed by atoms with Crippen molar-refractivity contribution in [3.05, 3.63) is 83.9 Å². The van der Waals surface area contributed by atoms with Gasteiger partial charge in [0.15, 0.2) is 0 Å². The van der Waals surface area contributed by atoms with Crippen molar-refractivity contribution in [3.63, 3.8) is 0 Å². The molecule has 0 aliphatic carbocycles. The van der Waals surface area contributed by atoms with Crippen LogP contribution in [0.2, 0.25) is 0 Å². The fourth-order valence-electron chi connectivity index (χ4n) is 3.14. The molecular weight excluding hydrogens is 322 g/mol. The number of fused-ring (bicyclic) bond motifs is 1. The zero-order valence-electron chi connectivity index (χ0n) is 14.9. The first kappa shape index (κ1) is 16.3. The smallest absolute Gasteiger partial charge is 0.138 e. The lowest BCUT2D eigenvalue weighted by molar-refractivity contribution is 0.685. The van der Waals surface area contributed by atoms with E-state index < -0.39 is 0 Å². The van der Waals surface area contributed by atoms with E-state index in [1.165, 1.54) is 5.56 Å². The molecule has 0 radical (unpaired) electrons. The lowest BCUT2D eigenvalue weighted by Gasteiger charge is -2.15. The van der Waals surface area contributed by atoms with Gasteiger partial charge in [0, 0.05) is 17.1 Å². The van der Waals surface area contributed by atoms with Crippen LogP contribution in [0.25, 0.3) is 10.9 Å². The van der Waals surface area contributed by atoms with E-state index in [1.807, 2.05) is 41.2 Å². The highest BCUT2D eigenvalue weighted by Crippen LogP contribution is 2.26. The Balaban J connectivity index is 1.55. The number of hydrogen-bond donors (Lipinski definition) is 1. The Morgan fingerprint density at radius 2 is 1.88 bits per heavy atom. The lowest BCUT2D eigenvalue weighted by atomic mass is 10.1. The third kappa shape index (κ3) is 3.28. The molecule has 4 rings (SSSR count). The van der Waals surface area contributed by atoms with Crippen molar-refractivity contribution in [1.82, 2.24) is 19.7 Å². The fourth-order valence-corrected chi connectivity index (χ4v) is 3.14. The van der Waals surface area contributed by atoms with Crippen LogP contribution in [0.3, 0.4) is 0 Å². The number of nitrogens with one attached hydrogen (secondary N) is 1. The first-order valence-corrected chi connectivity index (χ1v) is 8.74. The summed E-state index contributed by atoms with van der Waals surface area (Å²) in [5, 5.41) is 9.08. The topological polar surface area (TPSA) is 55.6 Å². The quantitative estimate of drug-likeness (QED) is 0.585. The zero-order chi connectivity index (χ0) is 17.9. The Morgan fingerprint density at radius 1 is 1.04 bits per heavy atom. The van der Waals surface area contributed by atoms with Gasteiger partial charge in [0.1, 0.15) is 12.1 Å². The van der Waals surface area contributed by atoms with E-state index in [2.05, 4.69) is 58.6 Å². The molecule has 0 amide bonds. The summed E-state index contributed by atoms with van der Waals surface area (Å²) in [7, 11) is 0. The van der Waals surface area contributed by atoms with Gasteiger partial charge in [-0.25, -0.2) is 9.97 Å². The van der Waals surface area contributed by atoms with Crippen molar-refractivity contribution in [2.75, 3.05) is 5.32 Å². The van der Waals surface area contributed by atoms with Gasteiger partial charge in [0.2, 0.25) is 0 Å². The van der Waals surface area contributed by atoms with Gasteiger partial charge < -0.3 is 5.32 Å². The van der Waals surface area contributed by atoms with Crippen LogP contribution in [0.4, 0.5) is 5.82 Å². The molecule has 0 spiro atoms. The molecule has 0 aliphatic heterocycles. The molecule has 5 nitrogen and oxygen atoms in total. The van der Waals surface area contributed by atoms with E-state index in [0.717, 1.165) is 34.4 Å². The summed E-state index contributed by atoms with van der Waals surface area (Å²) in [5.74, 6) is 0.858. The second kappa shape index (κ2) is 6.96. The van der Waals surface area contributed by atoms with E-state index in [-0.39, 0.29) is 6.04 Å². The van der Waals surface area contributed by atoms with Crippen LogP contribution < -0.4 is 5.32 Å². The van der Waals surface area contributed by atoms with Crippen LogP contribution in [0, 0.1) is 6.92 Å². The minimum Gasteiger partial charge on any atom is -0.363 e. The van der Waals surface area contributed by atoms with Gasteiger partial charge in [0.05, 0.1) is 24.3 Å². The summed E-state index contributed by atoms with van der Waals surface area (Å²) in [6.07, 6.45) is 5.60. The predicted octanol–water partition coefficient (Wildman–Crippen LogP) is 4.36. The third-order valence-corrected chi connectivity index (χ3v) is 4.57. The molecule has 2 aromatic carbocycles. The first-order valence-electron chi connectivity index (χ1n) is 8.74. The molecule has 0 saturated carbocycles. The molecule has 1 atom stereocenters. The summed E-state index contributed by atoms with van der Waals surface area (Å²) in [4.78, 5) is 8.82. The van der Waals surface area contributed by atoms with E-state index in [9.17, 15) is 0 Å². The van der Waals surface area contributed by atoms with Gasteiger partial charge in [-0.2, -0.15) is 5.10 Å². The van der Waals surface area contributed by atoms with E-state index >= 15 is 0 Å². The average molecular weight is 343 g/mol. The van der Waals surface area contributed by atoms with Gasteiger partial charge in [-0.3, -0.25) is 4.68 Å². The second-order valence-corrected chi connectivity index (χ2v) is 6.51. The predicted molar refractivity (Wildman–Crippen MR) is 104 cm³/mol. The van der Waals surface area contributed by atoms with E-state index in [4.69, 9.17) is 0 Å². The minimum absolute atomic E-state index is 0.0947. The normalized spacial score (nSPS) is 12.2. The average Bonchev–Trinajstić information content (AvgIpc) is 3.11. The summed E-state index contributed by atoms with van der Waals surface area (Å²) < 4.78 is 1.96. The highest BCUT2D eigenvalue weighted by molar-refractivity contribution is 5.91. The van der Waals surface area contributed by atoms with Crippen molar-refractivity contribution in [1.29, 1.82) is 0 Å². The molecule has 1 unspecified atom stereocenters. The molecule has 0 bridgehead atoms. The molecule has 2 heterocycles. The van der Waals surface area contributed by atoms with Gasteiger partial charge >= 0.3 is 0 Å². The van der Waals surface area contributed by atoms with E-state index in [1.54, 1.807) is 6.33 Å². The Morgan fingerprint density at radius 3 is 2.73 bits per heavy atom. The van der Waals surface area contributed by atoms with Crippen LogP contribution in [0.1, 0.15) is 29.7 Å². The van der Waals surface area contributed by atoms with Gasteiger partial charge in [-0.15, -0.1) is 0 Å². The number of benzene rings is 2. The molecule has 0 fully saturated rings. The maximum absolute atomic E-state index is 4.50.